The number of piperidine rings is 1. The molecule has 0 radical (unpaired) electrons. The van der Waals surface area contributed by atoms with Gasteiger partial charge in [0.15, 0.2) is 0 Å². The highest BCUT2D eigenvalue weighted by Gasteiger charge is 2.05. The van der Waals surface area contributed by atoms with Gasteiger partial charge in [0.2, 0.25) is 0 Å². The fraction of sp³-hybridized carbons (Fsp3) is 0.818. The monoisotopic (exact) mass is 167 g/mol. The quantitative estimate of drug-likeness (QED) is 0.637. The normalized spacial score (nSPS) is 20.7. The standard InChI is InChI=1S/C11H21N/c1-3-4-10(2)9-11-5-7-12-8-6-11/h9-10,12H,3-8H2,1-2H3. The fourth-order valence-corrected chi connectivity index (χ4v) is 1.86. The third-order valence-corrected chi connectivity index (χ3v) is 2.51. The first kappa shape index (κ1) is 9.79. The summed E-state index contributed by atoms with van der Waals surface area (Å²) in [6.07, 6.45) is 7.69. The van der Waals surface area contributed by atoms with E-state index in [4.69, 9.17) is 0 Å². The van der Waals surface area contributed by atoms with Gasteiger partial charge in [0.05, 0.1) is 0 Å². The summed E-state index contributed by atoms with van der Waals surface area (Å²) in [6, 6.07) is 0. The van der Waals surface area contributed by atoms with Crippen molar-refractivity contribution in [1.29, 1.82) is 0 Å². The first-order valence-corrected chi connectivity index (χ1v) is 5.23. The van der Waals surface area contributed by atoms with E-state index in [1.807, 2.05) is 0 Å². The van der Waals surface area contributed by atoms with Gasteiger partial charge < -0.3 is 5.32 Å². The molecule has 1 heterocycles. The minimum atomic E-state index is 0.795. The van der Waals surface area contributed by atoms with E-state index in [0.717, 1.165) is 5.92 Å². The first-order valence-electron chi connectivity index (χ1n) is 5.23. The van der Waals surface area contributed by atoms with Crippen molar-refractivity contribution in [1.82, 2.24) is 5.32 Å². The van der Waals surface area contributed by atoms with Crippen LogP contribution in [0.1, 0.15) is 39.5 Å². The molecule has 1 atom stereocenters. The van der Waals surface area contributed by atoms with Crippen LogP contribution in [0.5, 0.6) is 0 Å². The molecule has 0 saturated carbocycles. The lowest BCUT2D eigenvalue weighted by Crippen LogP contribution is -2.23. The fourth-order valence-electron chi connectivity index (χ4n) is 1.86. The summed E-state index contributed by atoms with van der Waals surface area (Å²) in [4.78, 5) is 0. The van der Waals surface area contributed by atoms with Crippen LogP contribution in [0.25, 0.3) is 0 Å². The van der Waals surface area contributed by atoms with E-state index in [0.29, 0.717) is 0 Å². The largest absolute Gasteiger partial charge is 0.316 e. The second kappa shape index (κ2) is 5.36. The maximum atomic E-state index is 3.38. The van der Waals surface area contributed by atoms with Crippen molar-refractivity contribution in [3.05, 3.63) is 11.6 Å². The summed E-state index contributed by atoms with van der Waals surface area (Å²) in [5.41, 5.74) is 1.68. The van der Waals surface area contributed by atoms with Crippen LogP contribution in [-0.4, -0.2) is 13.1 Å². The third kappa shape index (κ3) is 3.40. The highest BCUT2D eigenvalue weighted by Crippen LogP contribution is 2.16. The Labute approximate surface area is 76.2 Å². The third-order valence-electron chi connectivity index (χ3n) is 2.51. The van der Waals surface area contributed by atoms with Gasteiger partial charge in [-0.15, -0.1) is 0 Å². The van der Waals surface area contributed by atoms with Crippen LogP contribution in [0.3, 0.4) is 0 Å². The van der Waals surface area contributed by atoms with Crippen molar-refractivity contribution >= 4 is 0 Å². The summed E-state index contributed by atoms with van der Waals surface area (Å²) in [6.45, 7) is 6.96. The van der Waals surface area contributed by atoms with Gasteiger partial charge in [-0.3, -0.25) is 0 Å². The van der Waals surface area contributed by atoms with Gasteiger partial charge in [0.1, 0.15) is 0 Å². The first-order chi connectivity index (χ1) is 5.83. The SMILES string of the molecule is CCCC(C)C=C1CCNCC1. The second-order valence-corrected chi connectivity index (χ2v) is 3.84. The number of rotatable bonds is 3. The lowest BCUT2D eigenvalue weighted by molar-refractivity contribution is 0.582. The molecule has 0 bridgehead atoms. The van der Waals surface area contributed by atoms with Gasteiger partial charge in [0, 0.05) is 0 Å². The van der Waals surface area contributed by atoms with E-state index in [-0.39, 0.29) is 0 Å². The maximum Gasteiger partial charge on any atom is -0.00115 e. The molecule has 1 N–H and O–H groups in total. The van der Waals surface area contributed by atoms with Gasteiger partial charge in [0.25, 0.3) is 0 Å². The Bertz CT molecular complexity index is 141. The highest BCUT2D eigenvalue weighted by atomic mass is 14.9. The number of hydrogen-bond donors (Lipinski definition) is 1. The number of nitrogens with one attached hydrogen (secondary N) is 1. The van der Waals surface area contributed by atoms with Gasteiger partial charge in [-0.25, -0.2) is 0 Å². The lowest BCUT2D eigenvalue weighted by atomic mass is 9.97. The van der Waals surface area contributed by atoms with Crippen molar-refractivity contribution in [3.63, 3.8) is 0 Å². The van der Waals surface area contributed by atoms with Gasteiger partial charge >= 0.3 is 0 Å². The van der Waals surface area contributed by atoms with Crippen LogP contribution in [0.4, 0.5) is 0 Å². The average Bonchev–Trinajstić information content (AvgIpc) is 2.06. The minimum Gasteiger partial charge on any atom is -0.316 e. The smallest absolute Gasteiger partial charge is 0.00115 e. The van der Waals surface area contributed by atoms with Crippen molar-refractivity contribution in [2.24, 2.45) is 5.92 Å². The zero-order valence-electron chi connectivity index (χ0n) is 8.40. The summed E-state index contributed by atoms with van der Waals surface area (Å²) in [5.74, 6) is 0.795. The van der Waals surface area contributed by atoms with Crippen LogP contribution in [0, 0.1) is 5.92 Å². The Morgan fingerprint density at radius 1 is 1.42 bits per heavy atom. The molecule has 1 unspecified atom stereocenters. The molecule has 1 heteroatoms. The van der Waals surface area contributed by atoms with Crippen LogP contribution >= 0.6 is 0 Å². The van der Waals surface area contributed by atoms with E-state index in [9.17, 15) is 0 Å². The molecular formula is C11H21N. The Hall–Kier alpha value is -0.300. The van der Waals surface area contributed by atoms with Gasteiger partial charge in [-0.1, -0.05) is 31.9 Å². The van der Waals surface area contributed by atoms with Crippen molar-refractivity contribution in [2.75, 3.05) is 13.1 Å². The molecule has 0 amide bonds. The average molecular weight is 167 g/mol. The molecule has 0 aromatic carbocycles. The van der Waals surface area contributed by atoms with Crippen molar-refractivity contribution < 1.29 is 0 Å². The summed E-state index contributed by atoms with van der Waals surface area (Å²) in [7, 11) is 0. The predicted molar refractivity (Wildman–Crippen MR) is 54.3 cm³/mol. The summed E-state index contributed by atoms with van der Waals surface area (Å²) in [5, 5.41) is 3.38. The van der Waals surface area contributed by atoms with Crippen LogP contribution in [0.15, 0.2) is 11.6 Å². The Morgan fingerprint density at radius 2 is 2.08 bits per heavy atom. The van der Waals surface area contributed by atoms with Gasteiger partial charge in [-0.2, -0.15) is 0 Å². The van der Waals surface area contributed by atoms with E-state index in [2.05, 4.69) is 25.2 Å². The minimum absolute atomic E-state index is 0.795. The number of hydrogen-bond acceptors (Lipinski definition) is 1. The molecule has 1 rings (SSSR count). The second-order valence-electron chi connectivity index (χ2n) is 3.84. The van der Waals surface area contributed by atoms with Crippen molar-refractivity contribution in [2.45, 2.75) is 39.5 Å². The Kier molecular flexibility index (Phi) is 4.37. The Morgan fingerprint density at radius 3 is 2.67 bits per heavy atom. The molecule has 1 saturated heterocycles. The molecular weight excluding hydrogens is 146 g/mol. The van der Waals surface area contributed by atoms with E-state index in [1.165, 1.54) is 38.8 Å². The molecule has 12 heavy (non-hydrogen) atoms. The summed E-state index contributed by atoms with van der Waals surface area (Å²) < 4.78 is 0. The van der Waals surface area contributed by atoms with Gasteiger partial charge in [-0.05, 0) is 38.3 Å². The molecule has 0 aromatic heterocycles. The molecule has 70 valence electrons. The van der Waals surface area contributed by atoms with Crippen LogP contribution in [-0.2, 0) is 0 Å². The highest BCUT2D eigenvalue weighted by molar-refractivity contribution is 5.06. The van der Waals surface area contributed by atoms with Crippen LogP contribution in [0.2, 0.25) is 0 Å². The van der Waals surface area contributed by atoms with Crippen LogP contribution < -0.4 is 5.32 Å². The van der Waals surface area contributed by atoms with E-state index in [1.54, 1.807) is 5.57 Å². The molecule has 0 aromatic rings. The maximum absolute atomic E-state index is 3.38. The predicted octanol–water partition coefficient (Wildman–Crippen LogP) is 2.73. The Balaban J connectivity index is 2.32. The summed E-state index contributed by atoms with van der Waals surface area (Å²) >= 11 is 0. The molecule has 0 aliphatic carbocycles. The molecule has 0 spiro atoms. The van der Waals surface area contributed by atoms with Crippen molar-refractivity contribution in [3.8, 4) is 0 Å². The van der Waals surface area contributed by atoms with E-state index >= 15 is 0 Å². The lowest BCUT2D eigenvalue weighted by Gasteiger charge is -2.16. The zero-order chi connectivity index (χ0) is 8.81. The number of allylic oxidation sites excluding steroid dienone is 1. The van der Waals surface area contributed by atoms with E-state index < -0.39 is 0 Å². The zero-order valence-corrected chi connectivity index (χ0v) is 8.40. The molecule has 1 nitrogen and oxygen atoms in total. The topological polar surface area (TPSA) is 12.0 Å². The molecule has 1 fully saturated rings. The molecule has 1 aliphatic rings. The molecule has 1 aliphatic heterocycles.